The first-order chi connectivity index (χ1) is 9.67. The van der Waals surface area contributed by atoms with Crippen molar-refractivity contribution in [1.82, 2.24) is 5.32 Å². The van der Waals surface area contributed by atoms with Crippen molar-refractivity contribution in [1.29, 1.82) is 0 Å². The van der Waals surface area contributed by atoms with E-state index < -0.39 is 0 Å². The third kappa shape index (κ3) is 6.87. The molecule has 1 atom stereocenters. The Kier molecular flexibility index (Phi) is 9.16. The molecule has 1 aromatic rings. The van der Waals surface area contributed by atoms with Gasteiger partial charge in [0.15, 0.2) is 0 Å². The Labute approximate surface area is 133 Å². The molecule has 0 saturated heterocycles. The standard InChI is InChI=1S/C17H27NS2/c1-5-19-17(20-6-2)12-16(14(3)4)18-13-15-10-8-7-9-11-15/h7-12,14,16,18H,5-6,13H2,1-4H3. The molecule has 1 N–H and O–H groups in total. The lowest BCUT2D eigenvalue weighted by molar-refractivity contribution is 0.463. The largest absolute Gasteiger partial charge is 0.306 e. The van der Waals surface area contributed by atoms with Crippen LogP contribution in [0.25, 0.3) is 0 Å². The summed E-state index contributed by atoms with van der Waals surface area (Å²) >= 11 is 3.90. The van der Waals surface area contributed by atoms with Gasteiger partial charge in [-0.25, -0.2) is 0 Å². The first kappa shape index (κ1) is 17.7. The van der Waals surface area contributed by atoms with Gasteiger partial charge in [0.05, 0.1) is 0 Å². The highest BCUT2D eigenvalue weighted by Gasteiger charge is 2.11. The van der Waals surface area contributed by atoms with E-state index in [1.165, 1.54) is 9.80 Å². The first-order valence-corrected chi connectivity index (χ1v) is 9.39. The summed E-state index contributed by atoms with van der Waals surface area (Å²) in [5.74, 6) is 2.88. The summed E-state index contributed by atoms with van der Waals surface area (Å²) < 4.78 is 1.45. The average molecular weight is 310 g/mol. The number of thioether (sulfide) groups is 2. The lowest BCUT2D eigenvalue weighted by Crippen LogP contribution is -2.31. The van der Waals surface area contributed by atoms with Gasteiger partial charge >= 0.3 is 0 Å². The van der Waals surface area contributed by atoms with Crippen LogP contribution in [0.5, 0.6) is 0 Å². The van der Waals surface area contributed by atoms with E-state index in [0.29, 0.717) is 12.0 Å². The summed E-state index contributed by atoms with van der Waals surface area (Å²) in [5, 5.41) is 3.68. The molecule has 1 nitrogen and oxygen atoms in total. The van der Waals surface area contributed by atoms with Crippen LogP contribution in [0, 0.1) is 5.92 Å². The molecule has 0 bridgehead atoms. The van der Waals surface area contributed by atoms with E-state index in [2.05, 4.69) is 69.4 Å². The topological polar surface area (TPSA) is 12.0 Å². The molecule has 20 heavy (non-hydrogen) atoms. The van der Waals surface area contributed by atoms with Gasteiger partial charge in [-0.1, -0.05) is 58.0 Å². The molecule has 0 aliphatic heterocycles. The van der Waals surface area contributed by atoms with Crippen LogP contribution in [0.4, 0.5) is 0 Å². The predicted octanol–water partition coefficient (Wildman–Crippen LogP) is 5.15. The monoisotopic (exact) mass is 309 g/mol. The minimum atomic E-state index is 0.434. The molecule has 1 aromatic carbocycles. The van der Waals surface area contributed by atoms with Gasteiger partial charge in [0.1, 0.15) is 0 Å². The fourth-order valence-corrected chi connectivity index (χ4v) is 3.98. The summed E-state index contributed by atoms with van der Waals surface area (Å²) in [7, 11) is 0. The van der Waals surface area contributed by atoms with Crippen molar-refractivity contribution in [2.75, 3.05) is 11.5 Å². The van der Waals surface area contributed by atoms with Crippen molar-refractivity contribution in [2.45, 2.75) is 40.3 Å². The maximum atomic E-state index is 3.68. The Bertz CT molecular complexity index is 379. The van der Waals surface area contributed by atoms with Crippen LogP contribution >= 0.6 is 23.5 Å². The van der Waals surface area contributed by atoms with E-state index in [4.69, 9.17) is 0 Å². The molecule has 0 fully saturated rings. The molecule has 0 saturated carbocycles. The molecule has 0 radical (unpaired) electrons. The third-order valence-corrected chi connectivity index (χ3v) is 5.12. The predicted molar refractivity (Wildman–Crippen MR) is 96.3 cm³/mol. The maximum absolute atomic E-state index is 3.68. The molecule has 1 rings (SSSR count). The first-order valence-electron chi connectivity index (χ1n) is 7.42. The van der Waals surface area contributed by atoms with Gasteiger partial charge in [-0.15, -0.1) is 23.5 Å². The Morgan fingerprint density at radius 1 is 1.10 bits per heavy atom. The minimum Gasteiger partial charge on any atom is -0.306 e. The van der Waals surface area contributed by atoms with Crippen LogP contribution in [0.3, 0.4) is 0 Å². The van der Waals surface area contributed by atoms with Crippen molar-refractivity contribution in [3.05, 3.63) is 46.2 Å². The van der Waals surface area contributed by atoms with Crippen LogP contribution in [-0.4, -0.2) is 17.5 Å². The zero-order chi connectivity index (χ0) is 14.8. The smallest absolute Gasteiger partial charge is 0.0376 e. The molecule has 0 amide bonds. The van der Waals surface area contributed by atoms with Crippen molar-refractivity contribution in [2.24, 2.45) is 5.92 Å². The molecular formula is C17H27NS2. The average Bonchev–Trinajstić information content (AvgIpc) is 2.44. The second kappa shape index (κ2) is 10.4. The number of hydrogen-bond donors (Lipinski definition) is 1. The SMILES string of the molecule is CCSC(=CC(NCc1ccccc1)C(C)C)SCC. The lowest BCUT2D eigenvalue weighted by atomic mass is 10.0. The van der Waals surface area contributed by atoms with Crippen molar-refractivity contribution >= 4 is 23.5 Å². The van der Waals surface area contributed by atoms with E-state index >= 15 is 0 Å². The van der Waals surface area contributed by atoms with Crippen molar-refractivity contribution in [3.8, 4) is 0 Å². The van der Waals surface area contributed by atoms with E-state index in [-0.39, 0.29) is 0 Å². The number of rotatable bonds is 9. The Hall–Kier alpha value is -0.380. The van der Waals surface area contributed by atoms with Gasteiger partial charge in [-0.05, 0) is 29.1 Å². The molecule has 1 unspecified atom stereocenters. The molecule has 0 aromatic heterocycles. The zero-order valence-electron chi connectivity index (χ0n) is 13.1. The highest BCUT2D eigenvalue weighted by Crippen LogP contribution is 2.29. The summed E-state index contributed by atoms with van der Waals surface area (Å²) in [6.45, 7) is 9.93. The minimum absolute atomic E-state index is 0.434. The van der Waals surface area contributed by atoms with E-state index in [9.17, 15) is 0 Å². The van der Waals surface area contributed by atoms with Crippen molar-refractivity contribution < 1.29 is 0 Å². The van der Waals surface area contributed by atoms with E-state index in [1.54, 1.807) is 0 Å². The van der Waals surface area contributed by atoms with Crippen molar-refractivity contribution in [3.63, 3.8) is 0 Å². The number of nitrogens with one attached hydrogen (secondary N) is 1. The number of hydrogen-bond acceptors (Lipinski definition) is 3. The molecule has 0 aliphatic carbocycles. The normalized spacial score (nSPS) is 12.4. The summed E-state index contributed by atoms with van der Waals surface area (Å²) in [6, 6.07) is 11.1. The second-order valence-electron chi connectivity index (χ2n) is 4.99. The molecular weight excluding hydrogens is 282 g/mol. The highest BCUT2D eigenvalue weighted by atomic mass is 32.2. The van der Waals surface area contributed by atoms with Gasteiger partial charge in [0, 0.05) is 16.8 Å². The molecule has 0 aliphatic rings. The Morgan fingerprint density at radius 2 is 1.70 bits per heavy atom. The van der Waals surface area contributed by atoms with Crippen LogP contribution in [0.2, 0.25) is 0 Å². The summed E-state index contributed by atoms with van der Waals surface area (Å²) in [4.78, 5) is 0. The van der Waals surface area contributed by atoms with E-state index in [1.807, 2.05) is 23.5 Å². The second-order valence-corrected chi connectivity index (χ2v) is 7.86. The van der Waals surface area contributed by atoms with Gasteiger partial charge in [0.25, 0.3) is 0 Å². The Balaban J connectivity index is 2.65. The molecule has 3 heteroatoms. The van der Waals surface area contributed by atoms with Gasteiger partial charge in [-0.2, -0.15) is 0 Å². The third-order valence-electron chi connectivity index (χ3n) is 2.99. The molecule has 0 spiro atoms. The molecule has 0 heterocycles. The van der Waals surface area contributed by atoms with Gasteiger partial charge in [-0.3, -0.25) is 0 Å². The fourth-order valence-electron chi connectivity index (χ4n) is 1.89. The van der Waals surface area contributed by atoms with Gasteiger partial charge < -0.3 is 5.32 Å². The summed E-state index contributed by atoms with van der Waals surface area (Å²) in [5.41, 5.74) is 1.35. The summed E-state index contributed by atoms with van der Waals surface area (Å²) in [6.07, 6.45) is 2.41. The van der Waals surface area contributed by atoms with Crippen LogP contribution in [0.1, 0.15) is 33.3 Å². The maximum Gasteiger partial charge on any atom is 0.0376 e. The van der Waals surface area contributed by atoms with Crippen LogP contribution in [0.15, 0.2) is 40.6 Å². The lowest BCUT2D eigenvalue weighted by Gasteiger charge is -2.20. The fraction of sp³-hybridized carbons (Fsp3) is 0.529. The number of benzene rings is 1. The van der Waals surface area contributed by atoms with Crippen LogP contribution in [-0.2, 0) is 6.54 Å². The van der Waals surface area contributed by atoms with Gasteiger partial charge in [0.2, 0.25) is 0 Å². The highest BCUT2D eigenvalue weighted by molar-refractivity contribution is 8.22. The zero-order valence-corrected chi connectivity index (χ0v) is 14.7. The van der Waals surface area contributed by atoms with Crippen LogP contribution < -0.4 is 5.32 Å². The van der Waals surface area contributed by atoms with E-state index in [0.717, 1.165) is 18.1 Å². The Morgan fingerprint density at radius 3 is 2.20 bits per heavy atom. The quantitative estimate of drug-likeness (QED) is 0.677. The molecule has 112 valence electrons.